The topological polar surface area (TPSA) is 73.9 Å². The highest BCUT2D eigenvalue weighted by Crippen LogP contribution is 2.48. The molecule has 6 rings (SSSR count). The SMILES string of the molecule is O=C(C[C@@H]1C[C@@H]1c1nc2ccccc2[nH]1)N[C@@H]1CCN(c2ccc3cc(F)ccc3n2)C1. The average Bonchev–Trinajstić information content (AvgIpc) is 3.19. The predicted molar refractivity (Wildman–Crippen MR) is 122 cm³/mol. The highest BCUT2D eigenvalue weighted by atomic mass is 19.1. The van der Waals surface area contributed by atoms with Gasteiger partial charge in [0.2, 0.25) is 5.91 Å². The van der Waals surface area contributed by atoms with Crippen molar-refractivity contribution in [3.05, 3.63) is 66.2 Å². The molecule has 32 heavy (non-hydrogen) atoms. The van der Waals surface area contributed by atoms with E-state index in [-0.39, 0.29) is 17.8 Å². The van der Waals surface area contributed by atoms with Gasteiger partial charge in [0, 0.05) is 36.9 Å². The van der Waals surface area contributed by atoms with Gasteiger partial charge in [-0.05, 0) is 61.2 Å². The fourth-order valence-electron chi connectivity index (χ4n) is 4.83. The van der Waals surface area contributed by atoms with Gasteiger partial charge in [-0.3, -0.25) is 4.79 Å². The Morgan fingerprint density at radius 3 is 2.94 bits per heavy atom. The van der Waals surface area contributed by atoms with Gasteiger partial charge < -0.3 is 15.2 Å². The average molecular weight is 429 g/mol. The van der Waals surface area contributed by atoms with Gasteiger partial charge in [0.25, 0.3) is 0 Å². The molecule has 3 atom stereocenters. The number of rotatable bonds is 5. The van der Waals surface area contributed by atoms with Gasteiger partial charge in [0.05, 0.1) is 16.6 Å². The second-order valence-electron chi connectivity index (χ2n) is 8.95. The fraction of sp³-hybridized carbons (Fsp3) is 0.320. The number of pyridine rings is 1. The van der Waals surface area contributed by atoms with Crippen LogP contribution >= 0.6 is 0 Å². The number of nitrogens with zero attached hydrogens (tertiary/aromatic N) is 3. The molecule has 2 aromatic carbocycles. The van der Waals surface area contributed by atoms with Crippen molar-refractivity contribution in [2.24, 2.45) is 5.92 Å². The van der Waals surface area contributed by atoms with Gasteiger partial charge in [0.1, 0.15) is 17.5 Å². The van der Waals surface area contributed by atoms with E-state index in [0.29, 0.717) is 18.3 Å². The molecule has 3 heterocycles. The zero-order valence-corrected chi connectivity index (χ0v) is 17.6. The third-order valence-electron chi connectivity index (χ3n) is 6.64. The number of halogens is 1. The quantitative estimate of drug-likeness (QED) is 0.500. The molecule has 1 amide bonds. The molecule has 7 heteroatoms. The number of anilines is 1. The highest BCUT2D eigenvalue weighted by Gasteiger charge is 2.42. The van der Waals surface area contributed by atoms with E-state index < -0.39 is 0 Å². The van der Waals surface area contributed by atoms with E-state index in [1.165, 1.54) is 12.1 Å². The van der Waals surface area contributed by atoms with Gasteiger partial charge in [-0.2, -0.15) is 0 Å². The minimum atomic E-state index is -0.255. The molecular formula is C25H24FN5O. The molecule has 1 aliphatic heterocycles. The lowest BCUT2D eigenvalue weighted by Crippen LogP contribution is -2.37. The Balaban J connectivity index is 1.04. The van der Waals surface area contributed by atoms with Crippen LogP contribution in [0, 0.1) is 11.7 Å². The Hall–Kier alpha value is -3.48. The number of para-hydroxylation sites is 2. The summed E-state index contributed by atoms with van der Waals surface area (Å²) in [6.07, 6.45) is 2.44. The van der Waals surface area contributed by atoms with Gasteiger partial charge in [-0.1, -0.05) is 12.1 Å². The van der Waals surface area contributed by atoms with Gasteiger partial charge in [0.15, 0.2) is 0 Å². The van der Waals surface area contributed by atoms with E-state index >= 15 is 0 Å². The molecule has 162 valence electrons. The molecule has 2 aromatic heterocycles. The number of carbonyl (C=O) groups excluding carboxylic acids is 1. The number of H-pyrrole nitrogens is 1. The number of fused-ring (bicyclic) bond motifs is 2. The van der Waals surface area contributed by atoms with Gasteiger partial charge in [-0.25, -0.2) is 14.4 Å². The van der Waals surface area contributed by atoms with Crippen LogP contribution in [0.25, 0.3) is 21.9 Å². The standard InChI is InChI=1S/C25H24FN5O/c26-17-6-7-20-15(11-17)5-8-23(28-20)31-10-9-18(14-31)27-24(32)13-16-12-19(16)25-29-21-3-1-2-4-22(21)30-25/h1-8,11,16,18-19H,9-10,12-14H2,(H,27,32)(H,29,30)/t16-,18+,19-/m0/s1. The molecule has 0 spiro atoms. The van der Waals surface area contributed by atoms with Crippen LogP contribution in [0.3, 0.4) is 0 Å². The van der Waals surface area contributed by atoms with E-state index in [1.807, 2.05) is 36.4 Å². The lowest BCUT2D eigenvalue weighted by Gasteiger charge is -2.18. The van der Waals surface area contributed by atoms with Crippen molar-refractivity contribution in [3.8, 4) is 0 Å². The molecule has 1 aliphatic carbocycles. The first kappa shape index (κ1) is 19.2. The van der Waals surface area contributed by atoms with Crippen molar-refractivity contribution in [1.82, 2.24) is 20.3 Å². The minimum Gasteiger partial charge on any atom is -0.354 e. The molecule has 6 nitrogen and oxygen atoms in total. The summed E-state index contributed by atoms with van der Waals surface area (Å²) in [5.41, 5.74) is 2.81. The second kappa shape index (κ2) is 7.58. The monoisotopic (exact) mass is 429 g/mol. The molecular weight excluding hydrogens is 405 g/mol. The molecule has 1 saturated carbocycles. The van der Waals surface area contributed by atoms with E-state index in [1.54, 1.807) is 6.07 Å². The summed E-state index contributed by atoms with van der Waals surface area (Å²) in [6, 6.07) is 16.6. The van der Waals surface area contributed by atoms with Crippen molar-refractivity contribution in [2.75, 3.05) is 18.0 Å². The maximum Gasteiger partial charge on any atom is 0.220 e. The summed E-state index contributed by atoms with van der Waals surface area (Å²) in [7, 11) is 0. The van der Waals surface area contributed by atoms with Crippen LogP contribution in [0.2, 0.25) is 0 Å². The molecule has 2 N–H and O–H groups in total. The van der Waals surface area contributed by atoms with Crippen LogP contribution in [0.15, 0.2) is 54.6 Å². The first-order chi connectivity index (χ1) is 15.6. The number of aromatic amines is 1. The van der Waals surface area contributed by atoms with E-state index in [2.05, 4.69) is 25.2 Å². The number of aromatic nitrogens is 3. The van der Waals surface area contributed by atoms with Crippen molar-refractivity contribution >= 4 is 33.7 Å². The Morgan fingerprint density at radius 2 is 2.03 bits per heavy atom. The van der Waals surface area contributed by atoms with Gasteiger partial charge in [-0.15, -0.1) is 0 Å². The fourth-order valence-corrected chi connectivity index (χ4v) is 4.83. The number of imidazole rings is 1. The van der Waals surface area contributed by atoms with Crippen LogP contribution in [0.5, 0.6) is 0 Å². The molecule has 0 bridgehead atoms. The molecule has 1 saturated heterocycles. The number of hydrogen-bond acceptors (Lipinski definition) is 4. The Labute approximate surface area is 184 Å². The van der Waals surface area contributed by atoms with E-state index in [4.69, 9.17) is 0 Å². The van der Waals surface area contributed by atoms with Crippen LogP contribution in [-0.2, 0) is 4.79 Å². The lowest BCUT2D eigenvalue weighted by molar-refractivity contribution is -0.122. The van der Waals surface area contributed by atoms with Crippen LogP contribution in [-0.4, -0.2) is 40.0 Å². The Morgan fingerprint density at radius 1 is 1.12 bits per heavy atom. The molecule has 2 aliphatic rings. The first-order valence-corrected chi connectivity index (χ1v) is 11.2. The maximum atomic E-state index is 13.4. The Kier molecular flexibility index (Phi) is 4.56. The minimum absolute atomic E-state index is 0.113. The highest BCUT2D eigenvalue weighted by molar-refractivity contribution is 5.81. The zero-order chi connectivity index (χ0) is 21.7. The van der Waals surface area contributed by atoms with Crippen molar-refractivity contribution in [1.29, 1.82) is 0 Å². The maximum absolute atomic E-state index is 13.4. The molecule has 0 unspecified atom stereocenters. The van der Waals surface area contributed by atoms with Crippen molar-refractivity contribution in [3.63, 3.8) is 0 Å². The Bertz CT molecular complexity index is 1290. The van der Waals surface area contributed by atoms with Crippen molar-refractivity contribution < 1.29 is 9.18 Å². The third-order valence-corrected chi connectivity index (χ3v) is 6.64. The number of hydrogen-bond donors (Lipinski definition) is 2. The molecule has 0 radical (unpaired) electrons. The summed E-state index contributed by atoms with van der Waals surface area (Å²) < 4.78 is 13.4. The summed E-state index contributed by atoms with van der Waals surface area (Å²) in [6.45, 7) is 1.58. The van der Waals surface area contributed by atoms with E-state index in [0.717, 1.165) is 59.5 Å². The number of nitrogens with one attached hydrogen (secondary N) is 2. The smallest absolute Gasteiger partial charge is 0.220 e. The summed E-state index contributed by atoms with van der Waals surface area (Å²) in [5.74, 6) is 2.43. The molecule has 2 fully saturated rings. The largest absolute Gasteiger partial charge is 0.354 e. The van der Waals surface area contributed by atoms with E-state index in [9.17, 15) is 9.18 Å². The van der Waals surface area contributed by atoms with Crippen LogP contribution in [0.4, 0.5) is 10.2 Å². The molecule has 4 aromatic rings. The lowest BCUT2D eigenvalue weighted by atomic mass is 10.2. The summed E-state index contributed by atoms with van der Waals surface area (Å²) in [5, 5.41) is 4.00. The zero-order valence-electron chi connectivity index (χ0n) is 17.6. The normalized spacial score (nSPS) is 22.5. The number of carbonyl (C=O) groups is 1. The second-order valence-corrected chi connectivity index (χ2v) is 8.95. The van der Waals surface area contributed by atoms with Crippen molar-refractivity contribution in [2.45, 2.75) is 31.2 Å². The number of benzene rings is 2. The van der Waals surface area contributed by atoms with Crippen LogP contribution in [0.1, 0.15) is 31.0 Å². The predicted octanol–water partition coefficient (Wildman–Crippen LogP) is 4.14. The third kappa shape index (κ3) is 3.68. The number of amides is 1. The summed E-state index contributed by atoms with van der Waals surface area (Å²) in [4.78, 5) is 27.6. The first-order valence-electron chi connectivity index (χ1n) is 11.2. The van der Waals surface area contributed by atoms with Crippen LogP contribution < -0.4 is 10.2 Å². The summed E-state index contributed by atoms with van der Waals surface area (Å²) >= 11 is 0. The van der Waals surface area contributed by atoms with Gasteiger partial charge >= 0.3 is 0 Å².